The van der Waals surface area contributed by atoms with Crippen LogP contribution in [0.5, 0.6) is 0 Å². The number of nitrogens with one attached hydrogen (secondary N) is 1. The molecule has 1 unspecified atom stereocenters. The molecule has 154 valence electrons. The van der Waals surface area contributed by atoms with E-state index in [9.17, 15) is 9.59 Å². The zero-order valence-electron chi connectivity index (χ0n) is 16.9. The average Bonchev–Trinajstić information content (AvgIpc) is 3.24. The van der Waals surface area contributed by atoms with Gasteiger partial charge in [0.1, 0.15) is 10.8 Å². The lowest BCUT2D eigenvalue weighted by molar-refractivity contribution is -0.134. The van der Waals surface area contributed by atoms with Crippen LogP contribution in [0.2, 0.25) is 0 Å². The number of hydrogen-bond acceptors (Lipinski definition) is 5. The van der Waals surface area contributed by atoms with Crippen LogP contribution in [0.25, 0.3) is 10.6 Å². The molecule has 0 aliphatic carbocycles. The maximum absolute atomic E-state index is 12.8. The Bertz CT molecular complexity index is 1020. The second kappa shape index (κ2) is 9.17. The van der Waals surface area contributed by atoms with E-state index in [4.69, 9.17) is 0 Å². The fourth-order valence-corrected chi connectivity index (χ4v) is 4.38. The Labute approximate surface area is 180 Å². The highest BCUT2D eigenvalue weighted by Gasteiger charge is 2.29. The summed E-state index contributed by atoms with van der Waals surface area (Å²) in [7, 11) is 0. The molecular weight excluding hydrogens is 396 g/mol. The van der Waals surface area contributed by atoms with Gasteiger partial charge in [0.05, 0.1) is 18.0 Å². The summed E-state index contributed by atoms with van der Waals surface area (Å²) in [4.78, 5) is 36.1. The summed E-state index contributed by atoms with van der Waals surface area (Å²) >= 11 is 1.55. The standard InChI is InChI=1S/C23H24N4O2S/c1-16-9-10-20(24-13-16)26-22(29)18-8-5-11-27(14-18)21(28)12-19-15-30-23(25-19)17-6-3-2-4-7-17/h2-4,6-7,9-10,13,15,18H,5,8,11-12,14H2,1H3,(H,24,26,29). The van der Waals surface area contributed by atoms with Crippen LogP contribution in [-0.2, 0) is 16.0 Å². The summed E-state index contributed by atoms with van der Waals surface area (Å²) in [6.45, 7) is 3.07. The minimum atomic E-state index is -0.221. The predicted octanol–water partition coefficient (Wildman–Crippen LogP) is 3.93. The number of nitrogens with zero attached hydrogens (tertiary/aromatic N) is 3. The molecular formula is C23H24N4O2S. The maximum Gasteiger partial charge on any atom is 0.230 e. The maximum atomic E-state index is 12.8. The van der Waals surface area contributed by atoms with Crippen molar-refractivity contribution in [1.29, 1.82) is 0 Å². The summed E-state index contributed by atoms with van der Waals surface area (Å²) in [5, 5.41) is 5.73. The molecule has 0 saturated carbocycles. The largest absolute Gasteiger partial charge is 0.342 e. The van der Waals surface area contributed by atoms with Crippen molar-refractivity contribution in [3.05, 3.63) is 65.3 Å². The van der Waals surface area contributed by atoms with Gasteiger partial charge in [0.25, 0.3) is 0 Å². The molecule has 1 aliphatic heterocycles. The molecule has 7 heteroatoms. The van der Waals surface area contributed by atoms with E-state index in [1.165, 1.54) is 0 Å². The van der Waals surface area contributed by atoms with Crippen LogP contribution in [0.4, 0.5) is 5.82 Å². The number of benzene rings is 1. The molecule has 2 amide bonds. The average molecular weight is 421 g/mol. The van der Waals surface area contributed by atoms with Gasteiger partial charge in [0.2, 0.25) is 11.8 Å². The topological polar surface area (TPSA) is 75.2 Å². The molecule has 1 saturated heterocycles. The van der Waals surface area contributed by atoms with E-state index in [0.717, 1.165) is 34.7 Å². The highest BCUT2D eigenvalue weighted by atomic mass is 32.1. The van der Waals surface area contributed by atoms with Crippen molar-refractivity contribution >= 4 is 29.0 Å². The summed E-state index contributed by atoms with van der Waals surface area (Å²) in [6, 6.07) is 13.7. The third-order valence-electron chi connectivity index (χ3n) is 5.21. The quantitative estimate of drug-likeness (QED) is 0.679. The SMILES string of the molecule is Cc1ccc(NC(=O)C2CCCN(C(=O)Cc3csc(-c4ccccc4)n3)C2)nc1. The lowest BCUT2D eigenvalue weighted by Gasteiger charge is -2.32. The lowest BCUT2D eigenvalue weighted by atomic mass is 9.96. The summed E-state index contributed by atoms with van der Waals surface area (Å²) < 4.78 is 0. The number of thiazole rings is 1. The number of pyridine rings is 1. The molecule has 4 rings (SSSR count). The van der Waals surface area contributed by atoms with E-state index in [1.807, 2.05) is 48.7 Å². The zero-order chi connectivity index (χ0) is 20.9. The molecule has 6 nitrogen and oxygen atoms in total. The molecule has 0 spiro atoms. The Balaban J connectivity index is 1.35. The lowest BCUT2D eigenvalue weighted by Crippen LogP contribution is -2.44. The van der Waals surface area contributed by atoms with Gasteiger partial charge in [0.15, 0.2) is 0 Å². The van der Waals surface area contributed by atoms with Gasteiger partial charge in [-0.15, -0.1) is 11.3 Å². The van der Waals surface area contributed by atoms with E-state index in [2.05, 4.69) is 15.3 Å². The number of hydrogen-bond donors (Lipinski definition) is 1. The van der Waals surface area contributed by atoms with Crippen molar-refractivity contribution in [1.82, 2.24) is 14.9 Å². The van der Waals surface area contributed by atoms with E-state index >= 15 is 0 Å². The van der Waals surface area contributed by atoms with Crippen molar-refractivity contribution in [3.8, 4) is 10.6 Å². The fraction of sp³-hybridized carbons (Fsp3) is 0.304. The Morgan fingerprint density at radius 3 is 2.80 bits per heavy atom. The number of carbonyl (C=O) groups excluding carboxylic acids is 2. The first kappa shape index (κ1) is 20.2. The minimum Gasteiger partial charge on any atom is -0.342 e. The van der Waals surface area contributed by atoms with E-state index in [0.29, 0.717) is 18.9 Å². The second-order valence-electron chi connectivity index (χ2n) is 7.58. The van der Waals surface area contributed by atoms with Crippen molar-refractivity contribution in [2.24, 2.45) is 5.92 Å². The minimum absolute atomic E-state index is 0.0193. The van der Waals surface area contributed by atoms with Crippen LogP contribution in [0.3, 0.4) is 0 Å². The van der Waals surface area contributed by atoms with Gasteiger partial charge in [-0.05, 0) is 31.4 Å². The van der Waals surface area contributed by atoms with Crippen LogP contribution >= 0.6 is 11.3 Å². The summed E-state index contributed by atoms with van der Waals surface area (Å²) in [5.41, 5.74) is 2.87. The number of aromatic nitrogens is 2. The first-order valence-electron chi connectivity index (χ1n) is 10.1. The third-order valence-corrected chi connectivity index (χ3v) is 6.15. The fourth-order valence-electron chi connectivity index (χ4n) is 3.56. The van der Waals surface area contributed by atoms with Gasteiger partial charge in [-0.2, -0.15) is 0 Å². The molecule has 3 aromatic rings. The van der Waals surface area contributed by atoms with Gasteiger partial charge in [-0.25, -0.2) is 9.97 Å². The van der Waals surface area contributed by atoms with Crippen LogP contribution in [0.1, 0.15) is 24.1 Å². The molecule has 0 radical (unpaired) electrons. The molecule has 30 heavy (non-hydrogen) atoms. The van der Waals surface area contributed by atoms with Gasteiger partial charge >= 0.3 is 0 Å². The molecule has 1 aliphatic rings. The van der Waals surface area contributed by atoms with Crippen molar-refractivity contribution in [2.45, 2.75) is 26.2 Å². The van der Waals surface area contributed by atoms with Crippen LogP contribution < -0.4 is 5.32 Å². The highest BCUT2D eigenvalue weighted by molar-refractivity contribution is 7.13. The Morgan fingerprint density at radius 2 is 2.03 bits per heavy atom. The normalized spacial score (nSPS) is 16.3. The number of carbonyl (C=O) groups is 2. The molecule has 0 bridgehead atoms. The van der Waals surface area contributed by atoms with Gasteiger partial charge in [-0.3, -0.25) is 9.59 Å². The van der Waals surface area contributed by atoms with Crippen molar-refractivity contribution in [2.75, 3.05) is 18.4 Å². The Kier molecular flexibility index (Phi) is 6.18. The number of amides is 2. The molecule has 1 N–H and O–H groups in total. The Morgan fingerprint density at radius 1 is 1.20 bits per heavy atom. The Hall–Kier alpha value is -3.06. The van der Waals surface area contributed by atoms with Gasteiger partial charge in [0, 0.05) is 30.2 Å². The summed E-state index contributed by atoms with van der Waals surface area (Å²) in [5.74, 6) is 0.265. The monoisotopic (exact) mass is 420 g/mol. The molecule has 1 fully saturated rings. The van der Waals surface area contributed by atoms with Gasteiger partial charge < -0.3 is 10.2 Å². The zero-order valence-corrected chi connectivity index (χ0v) is 17.7. The number of anilines is 1. The van der Waals surface area contributed by atoms with Crippen LogP contribution in [-0.4, -0.2) is 39.8 Å². The molecule has 3 heterocycles. The van der Waals surface area contributed by atoms with E-state index < -0.39 is 0 Å². The van der Waals surface area contributed by atoms with E-state index in [-0.39, 0.29) is 24.2 Å². The van der Waals surface area contributed by atoms with E-state index in [1.54, 1.807) is 28.5 Å². The smallest absolute Gasteiger partial charge is 0.230 e. The van der Waals surface area contributed by atoms with Crippen molar-refractivity contribution in [3.63, 3.8) is 0 Å². The number of aryl methyl sites for hydroxylation is 1. The number of piperidine rings is 1. The summed E-state index contributed by atoms with van der Waals surface area (Å²) in [6.07, 6.45) is 3.58. The van der Waals surface area contributed by atoms with Crippen LogP contribution in [0.15, 0.2) is 54.0 Å². The molecule has 1 aromatic carbocycles. The second-order valence-corrected chi connectivity index (χ2v) is 8.43. The molecule has 1 atom stereocenters. The molecule has 2 aromatic heterocycles. The first-order valence-corrected chi connectivity index (χ1v) is 11.0. The van der Waals surface area contributed by atoms with Crippen LogP contribution in [0, 0.1) is 12.8 Å². The first-order chi connectivity index (χ1) is 14.6. The number of rotatable bonds is 5. The highest BCUT2D eigenvalue weighted by Crippen LogP contribution is 2.24. The predicted molar refractivity (Wildman–Crippen MR) is 118 cm³/mol. The van der Waals surface area contributed by atoms with Gasteiger partial charge in [-0.1, -0.05) is 36.4 Å². The number of likely N-dealkylation sites (tertiary alicyclic amines) is 1. The van der Waals surface area contributed by atoms with Crippen molar-refractivity contribution < 1.29 is 9.59 Å². The third kappa shape index (κ3) is 4.91.